The van der Waals surface area contributed by atoms with Crippen molar-refractivity contribution >= 4 is 35.2 Å². The summed E-state index contributed by atoms with van der Waals surface area (Å²) in [6.07, 6.45) is 4.36. The number of carboxylic acids is 1. The maximum Gasteiger partial charge on any atom is 0.328 e. The van der Waals surface area contributed by atoms with Gasteiger partial charge in [-0.05, 0) is 30.3 Å². The Morgan fingerprint density at radius 2 is 1.98 bits per heavy atom. The number of carbonyl (C=O) groups is 2. The number of methoxy groups -OCH3 is 2. The van der Waals surface area contributed by atoms with Gasteiger partial charge in [0, 0.05) is 71.2 Å². The average Bonchev–Trinajstić information content (AvgIpc) is 3.38. The molecule has 1 amide bonds. The van der Waals surface area contributed by atoms with Crippen LogP contribution in [0.4, 0.5) is 5.69 Å². The van der Waals surface area contributed by atoms with Crippen molar-refractivity contribution < 1.29 is 34.0 Å². The molecule has 41 heavy (non-hydrogen) atoms. The third-order valence-electron chi connectivity index (χ3n) is 6.83. The summed E-state index contributed by atoms with van der Waals surface area (Å²) in [7, 11) is 3.10. The van der Waals surface area contributed by atoms with Gasteiger partial charge in [-0.3, -0.25) is 9.48 Å². The molecule has 0 unspecified atom stereocenters. The first kappa shape index (κ1) is 30.1. The number of aromatic nitrogens is 2. The van der Waals surface area contributed by atoms with Gasteiger partial charge in [-0.2, -0.15) is 5.10 Å². The number of aryl methyl sites for hydroxylation is 1. The highest BCUT2D eigenvalue weighted by Crippen LogP contribution is 2.45. The number of anilines is 1. The smallest absolute Gasteiger partial charge is 0.328 e. The van der Waals surface area contributed by atoms with Crippen molar-refractivity contribution in [2.75, 3.05) is 32.3 Å². The molecule has 2 atom stereocenters. The van der Waals surface area contributed by atoms with E-state index in [-0.39, 0.29) is 25.5 Å². The zero-order valence-electron chi connectivity index (χ0n) is 23.4. The fraction of sp³-hybridized carbons (Fsp3) is 0.367. The summed E-state index contributed by atoms with van der Waals surface area (Å²) in [5.74, 6) is -0.332. The lowest BCUT2D eigenvalue weighted by molar-refractivity contribution is -0.133. The summed E-state index contributed by atoms with van der Waals surface area (Å²) in [4.78, 5) is 26.7. The Hall–Kier alpha value is -3.86. The first-order valence-electron chi connectivity index (χ1n) is 13.1. The van der Waals surface area contributed by atoms with Gasteiger partial charge in [0.15, 0.2) is 11.5 Å². The molecule has 0 saturated carbocycles. The highest BCUT2D eigenvalue weighted by Gasteiger charge is 2.39. The summed E-state index contributed by atoms with van der Waals surface area (Å²) >= 11 is 6.48. The summed E-state index contributed by atoms with van der Waals surface area (Å²) in [6, 6.07) is 10.8. The van der Waals surface area contributed by atoms with Gasteiger partial charge in [0.2, 0.25) is 0 Å². The Labute approximate surface area is 243 Å². The van der Waals surface area contributed by atoms with Crippen LogP contribution in [-0.4, -0.2) is 65.3 Å². The largest absolute Gasteiger partial charge is 0.493 e. The minimum atomic E-state index is -1.06. The van der Waals surface area contributed by atoms with Gasteiger partial charge in [-0.15, -0.1) is 0 Å². The predicted molar refractivity (Wildman–Crippen MR) is 154 cm³/mol. The third-order valence-corrected chi connectivity index (χ3v) is 7.06. The first-order valence-corrected chi connectivity index (χ1v) is 13.5. The SMILES string of the molecule is COc1cccc([C@H]2O[C@H](CCn3cc(C=CC(=O)O)cn3)C(=O)N(CC(C)(C)CO)c3ccc(Cl)cc32)c1OC. The summed E-state index contributed by atoms with van der Waals surface area (Å²) in [5.41, 5.74) is 1.98. The molecule has 2 aromatic carbocycles. The number of ether oxygens (including phenoxy) is 3. The van der Waals surface area contributed by atoms with E-state index in [4.69, 9.17) is 30.9 Å². The molecule has 4 rings (SSSR count). The number of aliphatic hydroxyl groups is 1. The van der Waals surface area contributed by atoms with Crippen LogP contribution in [0, 0.1) is 5.41 Å². The lowest BCUT2D eigenvalue weighted by atomic mass is 9.92. The van der Waals surface area contributed by atoms with E-state index in [0.717, 1.165) is 6.08 Å². The summed E-state index contributed by atoms with van der Waals surface area (Å²) < 4.78 is 19.5. The van der Waals surface area contributed by atoms with Crippen molar-refractivity contribution in [1.82, 2.24) is 9.78 Å². The number of rotatable bonds is 11. The second-order valence-corrected chi connectivity index (χ2v) is 11.0. The molecule has 10 nitrogen and oxygen atoms in total. The zero-order valence-corrected chi connectivity index (χ0v) is 24.2. The van der Waals surface area contributed by atoms with Gasteiger partial charge in [0.05, 0.1) is 20.4 Å². The molecule has 0 radical (unpaired) electrons. The number of carboxylic acid groups (broad SMARTS) is 1. The minimum Gasteiger partial charge on any atom is -0.493 e. The standard InChI is InChI=1S/C30H34ClN3O7/c1-30(2,18-35)17-34-23-10-9-20(31)14-22(23)27(21-6-5-7-24(39-3)28(21)40-4)41-25(29(34)38)12-13-33-16-19(15-32-33)8-11-26(36)37/h5-11,14-16,25,27,35H,12-13,17-18H2,1-4H3,(H,36,37)/t25-,27-/m1/s1. The number of halogens is 1. The normalized spacial score (nSPS) is 17.4. The number of aliphatic carboxylic acids is 1. The number of hydrogen-bond donors (Lipinski definition) is 2. The van der Waals surface area contributed by atoms with Crippen LogP contribution in [0.2, 0.25) is 5.02 Å². The molecular weight excluding hydrogens is 550 g/mol. The van der Waals surface area contributed by atoms with Crippen molar-refractivity contribution in [3.63, 3.8) is 0 Å². The van der Waals surface area contributed by atoms with Crippen LogP contribution < -0.4 is 14.4 Å². The Morgan fingerprint density at radius 3 is 2.66 bits per heavy atom. The lowest BCUT2D eigenvalue weighted by Crippen LogP contribution is -2.45. The molecule has 1 aliphatic rings. The third kappa shape index (κ3) is 6.90. The van der Waals surface area contributed by atoms with Crippen LogP contribution in [0.15, 0.2) is 54.9 Å². The molecule has 1 aliphatic heterocycles. The zero-order chi connectivity index (χ0) is 29.7. The molecule has 0 bridgehead atoms. The summed E-state index contributed by atoms with van der Waals surface area (Å²) in [6.45, 7) is 4.21. The molecule has 2 N–H and O–H groups in total. The van der Waals surface area contributed by atoms with Crippen LogP contribution >= 0.6 is 11.6 Å². The molecule has 218 valence electrons. The first-order chi connectivity index (χ1) is 19.6. The Balaban J connectivity index is 1.78. The van der Waals surface area contributed by atoms with E-state index in [1.165, 1.54) is 6.08 Å². The second-order valence-electron chi connectivity index (χ2n) is 10.5. The maximum absolute atomic E-state index is 14.2. The number of para-hydroxylation sites is 1. The Kier molecular flexibility index (Phi) is 9.37. The molecular formula is C30H34ClN3O7. The van der Waals surface area contributed by atoms with Crippen LogP contribution in [0.3, 0.4) is 0 Å². The van der Waals surface area contributed by atoms with Crippen LogP contribution in [0.1, 0.15) is 43.1 Å². The van der Waals surface area contributed by atoms with Crippen LogP contribution in [0.25, 0.3) is 6.08 Å². The van der Waals surface area contributed by atoms with Crippen LogP contribution in [0.5, 0.6) is 11.5 Å². The Bertz CT molecular complexity index is 1440. The molecule has 0 aliphatic carbocycles. The van der Waals surface area contributed by atoms with E-state index >= 15 is 0 Å². The van der Waals surface area contributed by atoms with Gasteiger partial charge in [-0.25, -0.2) is 4.79 Å². The second kappa shape index (κ2) is 12.8. The fourth-order valence-corrected chi connectivity index (χ4v) is 4.95. The molecule has 11 heteroatoms. The minimum absolute atomic E-state index is 0.127. The highest BCUT2D eigenvalue weighted by atomic mass is 35.5. The number of aliphatic hydroxyl groups excluding tert-OH is 1. The molecule has 0 fully saturated rings. The molecule has 2 heterocycles. The number of benzene rings is 2. The number of fused-ring (bicyclic) bond motifs is 1. The van der Waals surface area contributed by atoms with Crippen molar-refractivity contribution in [3.05, 3.63) is 76.6 Å². The van der Waals surface area contributed by atoms with Crippen molar-refractivity contribution in [2.24, 2.45) is 5.41 Å². The van der Waals surface area contributed by atoms with E-state index in [1.54, 1.807) is 60.5 Å². The van der Waals surface area contributed by atoms with E-state index in [0.29, 0.717) is 45.4 Å². The molecule has 0 saturated heterocycles. The number of nitrogens with zero attached hydrogens (tertiary/aromatic N) is 3. The van der Waals surface area contributed by atoms with E-state index in [2.05, 4.69) is 5.10 Å². The number of hydrogen-bond acceptors (Lipinski definition) is 7. The van der Waals surface area contributed by atoms with Gasteiger partial charge in [0.25, 0.3) is 5.91 Å². The number of carbonyl (C=O) groups excluding carboxylic acids is 1. The average molecular weight is 584 g/mol. The maximum atomic E-state index is 14.2. The van der Waals surface area contributed by atoms with E-state index in [9.17, 15) is 14.7 Å². The highest BCUT2D eigenvalue weighted by molar-refractivity contribution is 6.30. The van der Waals surface area contributed by atoms with Gasteiger partial charge in [-0.1, -0.05) is 37.6 Å². The molecule has 3 aromatic rings. The quantitative estimate of drug-likeness (QED) is 0.314. The van der Waals surface area contributed by atoms with E-state index in [1.807, 2.05) is 26.0 Å². The van der Waals surface area contributed by atoms with Crippen molar-refractivity contribution in [1.29, 1.82) is 0 Å². The summed E-state index contributed by atoms with van der Waals surface area (Å²) in [5, 5.41) is 23.7. The molecule has 1 aromatic heterocycles. The Morgan fingerprint density at radius 1 is 1.20 bits per heavy atom. The monoisotopic (exact) mass is 583 g/mol. The van der Waals surface area contributed by atoms with Gasteiger partial charge in [0.1, 0.15) is 12.2 Å². The fourth-order valence-electron chi connectivity index (χ4n) is 4.77. The number of amides is 1. The van der Waals surface area contributed by atoms with Crippen LogP contribution in [-0.2, 0) is 20.9 Å². The van der Waals surface area contributed by atoms with Gasteiger partial charge >= 0.3 is 5.97 Å². The van der Waals surface area contributed by atoms with E-state index < -0.39 is 23.6 Å². The van der Waals surface area contributed by atoms with Gasteiger partial charge < -0.3 is 29.3 Å². The van der Waals surface area contributed by atoms with Crippen molar-refractivity contribution in [3.8, 4) is 11.5 Å². The lowest BCUT2D eigenvalue weighted by Gasteiger charge is -2.32. The topological polar surface area (TPSA) is 123 Å². The molecule has 0 spiro atoms. The predicted octanol–water partition coefficient (Wildman–Crippen LogP) is 4.58. The van der Waals surface area contributed by atoms with Crippen molar-refractivity contribution in [2.45, 2.75) is 39.0 Å².